The third-order valence-corrected chi connectivity index (χ3v) is 4.67. The molecule has 2 aromatic rings. The van der Waals surface area contributed by atoms with Crippen molar-refractivity contribution in [3.8, 4) is 5.75 Å². The number of piperazine rings is 1. The molecule has 0 aliphatic carbocycles. The van der Waals surface area contributed by atoms with Gasteiger partial charge in [-0.25, -0.2) is 9.18 Å². The van der Waals surface area contributed by atoms with Crippen LogP contribution in [-0.2, 0) is 0 Å². The number of benzene rings is 2. The fourth-order valence-electron chi connectivity index (χ4n) is 3.09. The summed E-state index contributed by atoms with van der Waals surface area (Å²) in [6.07, 6.45) is 0. The molecule has 0 atom stereocenters. The highest BCUT2D eigenvalue weighted by molar-refractivity contribution is 5.97. The first kappa shape index (κ1) is 19.5. The molecule has 1 aliphatic rings. The summed E-state index contributed by atoms with van der Waals surface area (Å²) in [4.78, 5) is 28.1. The van der Waals surface area contributed by atoms with Gasteiger partial charge in [0, 0.05) is 50.7 Å². The van der Waals surface area contributed by atoms with E-state index in [4.69, 9.17) is 4.74 Å². The van der Waals surface area contributed by atoms with E-state index in [-0.39, 0.29) is 11.6 Å². The van der Waals surface area contributed by atoms with Crippen LogP contribution in [0.15, 0.2) is 42.5 Å². The van der Waals surface area contributed by atoms with Crippen molar-refractivity contribution < 1.29 is 18.7 Å². The van der Waals surface area contributed by atoms with Crippen molar-refractivity contribution in [3.05, 3.63) is 53.8 Å². The molecule has 2 N–H and O–H groups in total. The van der Waals surface area contributed by atoms with Crippen LogP contribution in [0.5, 0.6) is 5.75 Å². The SMILES string of the molecule is CNC(=O)c1cc(NC(=O)N2CCN(c3cccc(OC)c3)CC2)ccc1F. The van der Waals surface area contributed by atoms with E-state index in [0.717, 1.165) is 11.4 Å². The number of nitrogens with one attached hydrogen (secondary N) is 2. The first-order valence-corrected chi connectivity index (χ1v) is 8.98. The predicted molar refractivity (Wildman–Crippen MR) is 106 cm³/mol. The summed E-state index contributed by atoms with van der Waals surface area (Å²) in [5.74, 6) is -0.384. The molecule has 8 heteroatoms. The van der Waals surface area contributed by atoms with Gasteiger partial charge in [0.05, 0.1) is 12.7 Å². The van der Waals surface area contributed by atoms with Crippen molar-refractivity contribution in [2.75, 3.05) is 50.6 Å². The van der Waals surface area contributed by atoms with Crippen LogP contribution in [0.1, 0.15) is 10.4 Å². The normalized spacial score (nSPS) is 13.8. The lowest BCUT2D eigenvalue weighted by molar-refractivity contribution is 0.0959. The summed E-state index contributed by atoms with van der Waals surface area (Å²) in [6, 6.07) is 11.5. The van der Waals surface area contributed by atoms with Crippen LogP contribution in [0.2, 0.25) is 0 Å². The van der Waals surface area contributed by atoms with Crippen LogP contribution in [0.3, 0.4) is 0 Å². The average molecular weight is 386 g/mol. The fourth-order valence-corrected chi connectivity index (χ4v) is 3.09. The van der Waals surface area contributed by atoms with Gasteiger partial charge < -0.3 is 25.2 Å². The van der Waals surface area contributed by atoms with Crippen LogP contribution >= 0.6 is 0 Å². The molecule has 1 fully saturated rings. The molecule has 0 radical (unpaired) electrons. The summed E-state index contributed by atoms with van der Waals surface area (Å²) in [6.45, 7) is 2.47. The van der Waals surface area contributed by atoms with E-state index in [2.05, 4.69) is 15.5 Å². The minimum absolute atomic E-state index is 0.108. The molecule has 0 spiro atoms. The third-order valence-electron chi connectivity index (χ3n) is 4.67. The van der Waals surface area contributed by atoms with Crippen LogP contribution in [-0.4, -0.2) is 57.2 Å². The number of methoxy groups -OCH3 is 1. The average Bonchev–Trinajstić information content (AvgIpc) is 2.74. The number of ether oxygens (including phenoxy) is 1. The van der Waals surface area contributed by atoms with Crippen LogP contribution in [0, 0.1) is 5.82 Å². The molecule has 3 rings (SSSR count). The number of anilines is 2. The van der Waals surface area contributed by atoms with Crippen LogP contribution in [0.4, 0.5) is 20.6 Å². The van der Waals surface area contributed by atoms with Gasteiger partial charge in [-0.1, -0.05) is 6.07 Å². The molecule has 0 aromatic heterocycles. The van der Waals surface area contributed by atoms with Gasteiger partial charge in [0.1, 0.15) is 11.6 Å². The van der Waals surface area contributed by atoms with Gasteiger partial charge in [0.2, 0.25) is 0 Å². The number of amides is 3. The number of hydrogen-bond acceptors (Lipinski definition) is 4. The number of rotatable bonds is 4. The van der Waals surface area contributed by atoms with Gasteiger partial charge >= 0.3 is 6.03 Å². The Morgan fingerprint density at radius 3 is 2.50 bits per heavy atom. The lowest BCUT2D eigenvalue weighted by Gasteiger charge is -2.36. The molecule has 0 unspecified atom stereocenters. The number of nitrogens with zero attached hydrogens (tertiary/aromatic N) is 2. The summed E-state index contributed by atoms with van der Waals surface area (Å²) >= 11 is 0. The summed E-state index contributed by atoms with van der Waals surface area (Å²) in [5.41, 5.74) is 1.32. The van der Waals surface area contributed by atoms with E-state index in [9.17, 15) is 14.0 Å². The van der Waals surface area contributed by atoms with Gasteiger partial charge in [-0.15, -0.1) is 0 Å². The standard InChI is InChI=1S/C20H23FN4O3/c1-22-19(26)17-12-14(6-7-18(17)21)23-20(27)25-10-8-24(9-11-25)15-4-3-5-16(13-15)28-2/h3-7,12-13H,8-11H2,1-2H3,(H,22,26)(H,23,27). The Labute approximate surface area is 163 Å². The maximum Gasteiger partial charge on any atom is 0.321 e. The van der Waals surface area contributed by atoms with Crippen LogP contribution < -0.4 is 20.3 Å². The highest BCUT2D eigenvalue weighted by atomic mass is 19.1. The zero-order valence-corrected chi connectivity index (χ0v) is 15.9. The Balaban J connectivity index is 1.60. The largest absolute Gasteiger partial charge is 0.497 e. The van der Waals surface area contributed by atoms with Crippen molar-refractivity contribution in [3.63, 3.8) is 0 Å². The van der Waals surface area contributed by atoms with Crippen molar-refractivity contribution >= 4 is 23.3 Å². The molecular weight excluding hydrogens is 363 g/mol. The minimum Gasteiger partial charge on any atom is -0.497 e. The van der Waals surface area contributed by atoms with Gasteiger partial charge in [-0.2, -0.15) is 0 Å². The summed E-state index contributed by atoms with van der Waals surface area (Å²) in [5, 5.41) is 5.11. The van der Waals surface area contributed by atoms with E-state index >= 15 is 0 Å². The van der Waals surface area contributed by atoms with Gasteiger partial charge in [0.15, 0.2) is 0 Å². The molecule has 1 heterocycles. The zero-order valence-electron chi connectivity index (χ0n) is 15.9. The number of hydrogen-bond donors (Lipinski definition) is 2. The second-order valence-electron chi connectivity index (χ2n) is 6.38. The van der Waals surface area contributed by atoms with E-state index in [1.54, 1.807) is 12.0 Å². The topological polar surface area (TPSA) is 73.9 Å². The summed E-state index contributed by atoms with van der Waals surface area (Å²) < 4.78 is 19.0. The number of halogens is 1. The highest BCUT2D eigenvalue weighted by Crippen LogP contribution is 2.22. The molecule has 2 aromatic carbocycles. The second kappa shape index (κ2) is 8.60. The lowest BCUT2D eigenvalue weighted by atomic mass is 10.1. The highest BCUT2D eigenvalue weighted by Gasteiger charge is 2.22. The molecule has 148 valence electrons. The fraction of sp³-hybridized carbons (Fsp3) is 0.300. The van der Waals surface area contributed by atoms with E-state index in [1.165, 1.54) is 25.2 Å². The van der Waals surface area contributed by atoms with Crippen molar-refractivity contribution in [2.45, 2.75) is 0 Å². The molecule has 3 amide bonds. The minimum atomic E-state index is -0.635. The number of urea groups is 1. The van der Waals surface area contributed by atoms with E-state index in [1.807, 2.05) is 24.3 Å². The Hall–Kier alpha value is -3.29. The Bertz CT molecular complexity index is 866. The van der Waals surface area contributed by atoms with Gasteiger partial charge in [-0.3, -0.25) is 4.79 Å². The number of carbonyl (C=O) groups excluding carboxylic acids is 2. The molecule has 0 bridgehead atoms. The third kappa shape index (κ3) is 4.33. The molecule has 28 heavy (non-hydrogen) atoms. The lowest BCUT2D eigenvalue weighted by Crippen LogP contribution is -2.50. The summed E-state index contributed by atoms with van der Waals surface area (Å²) in [7, 11) is 3.06. The van der Waals surface area contributed by atoms with Crippen molar-refractivity contribution in [1.82, 2.24) is 10.2 Å². The first-order chi connectivity index (χ1) is 13.5. The van der Waals surface area contributed by atoms with E-state index < -0.39 is 11.7 Å². The maximum absolute atomic E-state index is 13.8. The Morgan fingerprint density at radius 1 is 1.07 bits per heavy atom. The van der Waals surface area contributed by atoms with E-state index in [0.29, 0.717) is 31.9 Å². The Kier molecular flexibility index (Phi) is 5.98. The smallest absolute Gasteiger partial charge is 0.321 e. The first-order valence-electron chi connectivity index (χ1n) is 8.98. The quantitative estimate of drug-likeness (QED) is 0.847. The molecular formula is C20H23FN4O3. The van der Waals surface area contributed by atoms with Crippen molar-refractivity contribution in [2.24, 2.45) is 0 Å². The Morgan fingerprint density at radius 2 is 1.82 bits per heavy atom. The van der Waals surface area contributed by atoms with Gasteiger partial charge in [-0.05, 0) is 30.3 Å². The molecule has 7 nitrogen and oxygen atoms in total. The second-order valence-corrected chi connectivity index (χ2v) is 6.38. The molecule has 1 aliphatic heterocycles. The molecule has 1 saturated heterocycles. The molecule has 0 saturated carbocycles. The van der Waals surface area contributed by atoms with Gasteiger partial charge in [0.25, 0.3) is 5.91 Å². The zero-order chi connectivity index (χ0) is 20.1. The van der Waals surface area contributed by atoms with Crippen molar-refractivity contribution in [1.29, 1.82) is 0 Å². The monoisotopic (exact) mass is 386 g/mol. The van der Waals surface area contributed by atoms with Crippen LogP contribution in [0.25, 0.3) is 0 Å². The number of carbonyl (C=O) groups is 2. The predicted octanol–water partition coefficient (Wildman–Crippen LogP) is 2.55. The maximum atomic E-state index is 13.8.